The molecule has 1 aliphatic carbocycles. The van der Waals surface area contributed by atoms with Gasteiger partial charge in [0.15, 0.2) is 0 Å². The number of amides is 1. The van der Waals surface area contributed by atoms with Crippen molar-refractivity contribution in [1.82, 2.24) is 5.32 Å². The topological polar surface area (TPSA) is 64.3 Å². The Morgan fingerprint density at radius 2 is 2.47 bits per heavy atom. The molecule has 0 radical (unpaired) electrons. The lowest BCUT2D eigenvalue weighted by Gasteiger charge is -2.30. The third-order valence-electron chi connectivity index (χ3n) is 4.39. The van der Waals surface area contributed by atoms with Crippen LogP contribution in [0.25, 0.3) is 0 Å². The summed E-state index contributed by atoms with van der Waals surface area (Å²) < 4.78 is 5.35. The van der Waals surface area contributed by atoms with Gasteiger partial charge in [-0.2, -0.15) is 0 Å². The Balaban J connectivity index is 1.75. The monoisotopic (exact) mass is 280 g/mol. The van der Waals surface area contributed by atoms with Gasteiger partial charge < -0.3 is 15.8 Å². The number of carbonyl (C=O) groups excluding carboxylic acids is 1. The van der Waals surface area contributed by atoms with Gasteiger partial charge in [-0.1, -0.05) is 0 Å². The second-order valence-corrected chi connectivity index (χ2v) is 6.76. The van der Waals surface area contributed by atoms with Crippen LogP contribution in [-0.4, -0.2) is 25.2 Å². The molecule has 0 aromatic carbocycles. The van der Waals surface area contributed by atoms with Crippen LogP contribution in [0, 0.1) is 5.41 Å². The Kier molecular flexibility index (Phi) is 3.37. The van der Waals surface area contributed by atoms with Gasteiger partial charge in [0, 0.05) is 10.9 Å². The second kappa shape index (κ2) is 4.89. The van der Waals surface area contributed by atoms with E-state index in [9.17, 15) is 4.79 Å². The molecule has 1 aromatic heterocycles. The Labute approximate surface area is 117 Å². The molecule has 3 unspecified atom stereocenters. The summed E-state index contributed by atoms with van der Waals surface area (Å²) in [6, 6.07) is 2.07. The summed E-state index contributed by atoms with van der Waals surface area (Å²) in [4.78, 5) is 13.9. The number of fused-ring (bicyclic) bond motifs is 1. The summed E-state index contributed by atoms with van der Waals surface area (Å²) in [5, 5.41) is 5.29. The quantitative estimate of drug-likeness (QED) is 0.865. The predicted octanol–water partition coefficient (Wildman–Crippen LogP) is 1.61. The number of nitrogens with two attached hydrogens (primary N) is 1. The molecule has 104 valence electrons. The largest absolute Gasteiger partial charge is 0.379 e. The summed E-state index contributed by atoms with van der Waals surface area (Å²) in [5.41, 5.74) is 6.71. The van der Waals surface area contributed by atoms with Crippen LogP contribution in [0.5, 0.6) is 0 Å². The predicted molar refractivity (Wildman–Crippen MR) is 75.0 cm³/mol. The molecule has 0 saturated carbocycles. The lowest BCUT2D eigenvalue weighted by atomic mass is 9.83. The number of ether oxygens (including phenoxy) is 1. The standard InChI is InChI=1S/C14H20N2O2S/c1-14(8-18-7-12(14)15)13(17)16-10-3-2-4-11-9(10)5-6-19-11/h5-6,10,12H,2-4,7-8,15H2,1H3,(H,16,17). The number of thiophene rings is 1. The smallest absolute Gasteiger partial charge is 0.230 e. The van der Waals surface area contributed by atoms with Gasteiger partial charge in [0.25, 0.3) is 0 Å². The van der Waals surface area contributed by atoms with Crippen LogP contribution in [0.2, 0.25) is 0 Å². The highest BCUT2D eigenvalue weighted by Gasteiger charge is 2.45. The van der Waals surface area contributed by atoms with Gasteiger partial charge in [0.05, 0.1) is 24.7 Å². The fourth-order valence-corrected chi connectivity index (χ4v) is 3.87. The van der Waals surface area contributed by atoms with Crippen molar-refractivity contribution in [3.8, 4) is 0 Å². The maximum absolute atomic E-state index is 12.5. The number of hydrogen-bond acceptors (Lipinski definition) is 4. The van der Waals surface area contributed by atoms with Crippen LogP contribution >= 0.6 is 11.3 Å². The Morgan fingerprint density at radius 3 is 3.21 bits per heavy atom. The lowest BCUT2D eigenvalue weighted by molar-refractivity contribution is -0.131. The number of hydrogen-bond donors (Lipinski definition) is 2. The third-order valence-corrected chi connectivity index (χ3v) is 5.39. The normalized spacial score (nSPS) is 34.0. The van der Waals surface area contributed by atoms with Gasteiger partial charge in [0.2, 0.25) is 5.91 Å². The summed E-state index contributed by atoms with van der Waals surface area (Å²) in [6.07, 6.45) is 3.29. The molecule has 5 heteroatoms. The first-order chi connectivity index (χ1) is 9.11. The minimum Gasteiger partial charge on any atom is -0.379 e. The van der Waals surface area contributed by atoms with Crippen molar-refractivity contribution in [3.05, 3.63) is 21.9 Å². The molecule has 1 aromatic rings. The molecule has 2 aliphatic rings. The Morgan fingerprint density at radius 1 is 1.63 bits per heavy atom. The highest BCUT2D eigenvalue weighted by molar-refractivity contribution is 7.10. The van der Waals surface area contributed by atoms with E-state index in [1.165, 1.54) is 10.4 Å². The zero-order valence-electron chi connectivity index (χ0n) is 11.1. The minimum atomic E-state index is -0.590. The molecule has 3 rings (SSSR count). The van der Waals surface area contributed by atoms with Crippen molar-refractivity contribution < 1.29 is 9.53 Å². The summed E-state index contributed by atoms with van der Waals surface area (Å²) >= 11 is 1.79. The average Bonchev–Trinajstić information content (AvgIpc) is 2.99. The van der Waals surface area contributed by atoms with Crippen molar-refractivity contribution >= 4 is 17.2 Å². The third kappa shape index (κ3) is 2.20. The van der Waals surface area contributed by atoms with Crippen molar-refractivity contribution in [3.63, 3.8) is 0 Å². The summed E-state index contributed by atoms with van der Waals surface area (Å²) in [6.45, 7) is 2.79. The molecule has 1 saturated heterocycles. The zero-order valence-corrected chi connectivity index (χ0v) is 12.0. The van der Waals surface area contributed by atoms with Crippen LogP contribution in [-0.2, 0) is 16.0 Å². The highest BCUT2D eigenvalue weighted by Crippen LogP contribution is 2.35. The van der Waals surface area contributed by atoms with E-state index in [1.54, 1.807) is 11.3 Å². The molecule has 2 heterocycles. The van der Waals surface area contributed by atoms with Crippen LogP contribution in [0.1, 0.15) is 36.2 Å². The Hall–Kier alpha value is -0.910. The van der Waals surface area contributed by atoms with Gasteiger partial charge in [-0.25, -0.2) is 0 Å². The molecule has 0 spiro atoms. The van der Waals surface area contributed by atoms with Gasteiger partial charge in [-0.15, -0.1) is 11.3 Å². The molecule has 19 heavy (non-hydrogen) atoms. The molecule has 3 atom stereocenters. The molecule has 1 fully saturated rings. The van der Waals surface area contributed by atoms with Crippen LogP contribution < -0.4 is 11.1 Å². The first kappa shape index (κ1) is 13.1. The molecule has 4 nitrogen and oxygen atoms in total. The van der Waals surface area contributed by atoms with Crippen molar-refractivity contribution in [1.29, 1.82) is 0 Å². The number of aryl methyl sites for hydroxylation is 1. The maximum atomic E-state index is 12.5. The zero-order chi connectivity index (χ0) is 13.5. The second-order valence-electron chi connectivity index (χ2n) is 5.76. The number of carbonyl (C=O) groups is 1. The highest BCUT2D eigenvalue weighted by atomic mass is 32.1. The fraction of sp³-hybridized carbons (Fsp3) is 0.643. The van der Waals surface area contributed by atoms with E-state index in [2.05, 4.69) is 16.8 Å². The molecular formula is C14H20N2O2S. The molecule has 1 aliphatic heterocycles. The van der Waals surface area contributed by atoms with Gasteiger partial charge in [0.1, 0.15) is 0 Å². The fourth-order valence-electron chi connectivity index (χ4n) is 2.88. The first-order valence-electron chi connectivity index (χ1n) is 6.82. The van der Waals surface area contributed by atoms with E-state index in [-0.39, 0.29) is 18.0 Å². The maximum Gasteiger partial charge on any atom is 0.230 e. The van der Waals surface area contributed by atoms with E-state index in [0.29, 0.717) is 13.2 Å². The van der Waals surface area contributed by atoms with E-state index < -0.39 is 5.41 Å². The summed E-state index contributed by atoms with van der Waals surface area (Å²) in [7, 11) is 0. The van der Waals surface area contributed by atoms with Crippen LogP contribution in [0.3, 0.4) is 0 Å². The summed E-state index contributed by atoms with van der Waals surface area (Å²) in [5.74, 6) is 0.0292. The van der Waals surface area contributed by atoms with Crippen molar-refractivity contribution in [2.24, 2.45) is 11.1 Å². The molecule has 1 amide bonds. The van der Waals surface area contributed by atoms with Crippen molar-refractivity contribution in [2.45, 2.75) is 38.3 Å². The molecular weight excluding hydrogens is 260 g/mol. The van der Waals surface area contributed by atoms with Gasteiger partial charge in [-0.3, -0.25) is 4.79 Å². The van der Waals surface area contributed by atoms with Gasteiger partial charge in [-0.05, 0) is 43.2 Å². The van der Waals surface area contributed by atoms with E-state index in [4.69, 9.17) is 10.5 Å². The number of nitrogens with one attached hydrogen (secondary N) is 1. The van der Waals surface area contributed by atoms with Crippen LogP contribution in [0.15, 0.2) is 11.4 Å². The van der Waals surface area contributed by atoms with E-state index >= 15 is 0 Å². The molecule has 3 N–H and O–H groups in total. The Bertz CT molecular complexity index is 488. The SMILES string of the molecule is CC1(C(=O)NC2CCCc3sccc32)COCC1N. The van der Waals surface area contributed by atoms with E-state index in [0.717, 1.165) is 19.3 Å². The van der Waals surface area contributed by atoms with Gasteiger partial charge >= 0.3 is 0 Å². The van der Waals surface area contributed by atoms with Crippen molar-refractivity contribution in [2.75, 3.05) is 13.2 Å². The van der Waals surface area contributed by atoms with Crippen LogP contribution in [0.4, 0.5) is 0 Å². The first-order valence-corrected chi connectivity index (χ1v) is 7.70. The number of rotatable bonds is 2. The van der Waals surface area contributed by atoms with E-state index in [1.807, 2.05) is 6.92 Å². The lowest BCUT2D eigenvalue weighted by Crippen LogP contribution is -2.50. The molecule has 0 bridgehead atoms. The average molecular weight is 280 g/mol. The minimum absolute atomic E-state index is 0.0292.